The van der Waals surface area contributed by atoms with Crippen molar-refractivity contribution >= 4 is 5.91 Å². The average Bonchev–Trinajstić information content (AvgIpc) is 2.65. The van der Waals surface area contributed by atoms with Gasteiger partial charge >= 0.3 is 0 Å². The normalized spacial score (nSPS) is 20.4. The second-order valence-corrected chi connectivity index (χ2v) is 6.02. The molecule has 1 aliphatic rings. The van der Waals surface area contributed by atoms with Gasteiger partial charge < -0.3 is 15.5 Å². The molecule has 0 bridgehead atoms. The Morgan fingerprint density at radius 3 is 2.22 bits per heavy atom. The monoisotopic (exact) mass is 249 g/mol. The van der Waals surface area contributed by atoms with Crippen molar-refractivity contribution in [2.24, 2.45) is 10.8 Å². The zero-order valence-corrected chi connectivity index (χ0v) is 11.1. The summed E-state index contributed by atoms with van der Waals surface area (Å²) in [5, 5.41) is 21.9. The fourth-order valence-electron chi connectivity index (χ4n) is 2.48. The van der Waals surface area contributed by atoms with E-state index in [1.807, 2.05) is 0 Å². The van der Waals surface area contributed by atoms with Crippen molar-refractivity contribution in [2.75, 3.05) is 0 Å². The summed E-state index contributed by atoms with van der Waals surface area (Å²) in [5.41, 5.74) is 0.179. The first-order valence-electron chi connectivity index (χ1n) is 6.01. The van der Waals surface area contributed by atoms with Crippen LogP contribution in [0, 0.1) is 10.8 Å². The smallest absolute Gasteiger partial charge is 0.255 e. The first kappa shape index (κ1) is 12.7. The second kappa shape index (κ2) is 3.64. The maximum absolute atomic E-state index is 12.1. The van der Waals surface area contributed by atoms with E-state index in [9.17, 15) is 15.0 Å². The summed E-state index contributed by atoms with van der Waals surface area (Å²) >= 11 is 0. The van der Waals surface area contributed by atoms with Crippen LogP contribution in [-0.2, 0) is 0 Å². The highest BCUT2D eigenvalue weighted by Gasteiger charge is 2.65. The SMILES string of the molecule is CC1(C)C(NC(=O)c2cccc(O)c2O)C1(C)C. The molecule has 0 saturated heterocycles. The zero-order valence-electron chi connectivity index (χ0n) is 11.1. The van der Waals surface area contributed by atoms with Gasteiger partial charge in [-0.15, -0.1) is 0 Å². The van der Waals surface area contributed by atoms with Gasteiger partial charge in [0.15, 0.2) is 11.5 Å². The third-order valence-electron chi connectivity index (χ3n) is 4.56. The molecular formula is C14H19NO3. The lowest BCUT2D eigenvalue weighted by Gasteiger charge is -2.09. The van der Waals surface area contributed by atoms with E-state index < -0.39 is 0 Å². The quantitative estimate of drug-likeness (QED) is 0.704. The Morgan fingerprint density at radius 1 is 1.17 bits per heavy atom. The number of carbonyl (C=O) groups is 1. The van der Waals surface area contributed by atoms with Gasteiger partial charge in [-0.2, -0.15) is 0 Å². The molecule has 4 heteroatoms. The standard InChI is InChI=1S/C14H19NO3/c1-13(2)12(14(13,3)4)15-11(18)8-6-5-7-9(16)10(8)17/h5-7,12,16-17H,1-4H3,(H,15,18). The summed E-state index contributed by atoms with van der Waals surface area (Å²) in [6.07, 6.45) is 0. The summed E-state index contributed by atoms with van der Waals surface area (Å²) in [5.74, 6) is -1.00. The number of aromatic hydroxyl groups is 2. The molecule has 0 aromatic heterocycles. The van der Waals surface area contributed by atoms with Crippen molar-refractivity contribution in [1.82, 2.24) is 5.32 Å². The van der Waals surface area contributed by atoms with Crippen molar-refractivity contribution in [2.45, 2.75) is 33.7 Å². The molecule has 1 saturated carbocycles. The van der Waals surface area contributed by atoms with Gasteiger partial charge in [0.1, 0.15) is 0 Å². The number of hydrogen-bond donors (Lipinski definition) is 3. The molecule has 4 nitrogen and oxygen atoms in total. The number of hydrogen-bond acceptors (Lipinski definition) is 3. The van der Waals surface area contributed by atoms with Gasteiger partial charge in [-0.05, 0) is 23.0 Å². The Balaban J connectivity index is 2.18. The Bertz CT molecular complexity index is 492. The van der Waals surface area contributed by atoms with Crippen LogP contribution in [0.2, 0.25) is 0 Å². The van der Waals surface area contributed by atoms with Crippen LogP contribution in [0.3, 0.4) is 0 Å². The van der Waals surface area contributed by atoms with E-state index in [0.29, 0.717) is 0 Å². The van der Waals surface area contributed by atoms with Crippen molar-refractivity contribution in [3.05, 3.63) is 23.8 Å². The lowest BCUT2D eigenvalue weighted by molar-refractivity contribution is 0.0940. The lowest BCUT2D eigenvalue weighted by Crippen LogP contribution is -2.29. The number of nitrogens with one attached hydrogen (secondary N) is 1. The van der Waals surface area contributed by atoms with E-state index in [0.717, 1.165) is 0 Å². The molecule has 3 N–H and O–H groups in total. The predicted molar refractivity (Wildman–Crippen MR) is 68.6 cm³/mol. The van der Waals surface area contributed by atoms with Crippen LogP contribution in [0.4, 0.5) is 0 Å². The van der Waals surface area contributed by atoms with Crippen LogP contribution < -0.4 is 5.32 Å². The topological polar surface area (TPSA) is 69.6 Å². The molecule has 2 rings (SSSR count). The molecule has 1 fully saturated rings. The molecule has 0 spiro atoms. The highest BCUT2D eigenvalue weighted by Crippen LogP contribution is 2.62. The molecule has 0 unspecified atom stereocenters. The van der Waals surface area contributed by atoms with E-state index in [-0.39, 0.29) is 39.8 Å². The molecule has 0 radical (unpaired) electrons. The molecule has 0 atom stereocenters. The van der Waals surface area contributed by atoms with Crippen molar-refractivity contribution in [1.29, 1.82) is 0 Å². The Kier molecular flexibility index (Phi) is 2.58. The summed E-state index contributed by atoms with van der Waals surface area (Å²) in [6, 6.07) is 4.44. The van der Waals surface area contributed by atoms with Gasteiger partial charge in [0.2, 0.25) is 0 Å². The van der Waals surface area contributed by atoms with Gasteiger partial charge in [0.25, 0.3) is 5.91 Å². The zero-order chi connectivity index (χ0) is 13.7. The number of carbonyl (C=O) groups excluding carboxylic acids is 1. The van der Waals surface area contributed by atoms with Crippen LogP contribution >= 0.6 is 0 Å². The first-order valence-corrected chi connectivity index (χ1v) is 6.01. The maximum Gasteiger partial charge on any atom is 0.255 e. The Morgan fingerprint density at radius 2 is 1.72 bits per heavy atom. The van der Waals surface area contributed by atoms with Crippen molar-refractivity contribution in [3.63, 3.8) is 0 Å². The van der Waals surface area contributed by atoms with E-state index in [1.54, 1.807) is 0 Å². The summed E-state index contributed by atoms with van der Waals surface area (Å²) in [6.45, 7) is 8.39. The fourth-order valence-corrected chi connectivity index (χ4v) is 2.48. The minimum atomic E-state index is -0.369. The molecule has 1 aromatic carbocycles. The molecule has 1 amide bonds. The number of phenols is 2. The van der Waals surface area contributed by atoms with Gasteiger partial charge in [0, 0.05) is 6.04 Å². The van der Waals surface area contributed by atoms with Crippen molar-refractivity contribution in [3.8, 4) is 11.5 Å². The Hall–Kier alpha value is -1.71. The second-order valence-electron chi connectivity index (χ2n) is 6.02. The molecule has 1 aliphatic carbocycles. The lowest BCUT2D eigenvalue weighted by atomic mass is 10.0. The first-order chi connectivity index (χ1) is 8.19. The number of rotatable bonds is 2. The van der Waals surface area contributed by atoms with Crippen LogP contribution in [0.5, 0.6) is 11.5 Å². The van der Waals surface area contributed by atoms with Gasteiger partial charge in [-0.25, -0.2) is 0 Å². The number of phenolic OH excluding ortho intramolecular Hbond substituents is 2. The minimum Gasteiger partial charge on any atom is -0.504 e. The van der Waals surface area contributed by atoms with E-state index in [4.69, 9.17) is 0 Å². The predicted octanol–water partition coefficient (Wildman–Crippen LogP) is 2.26. The van der Waals surface area contributed by atoms with E-state index >= 15 is 0 Å². The van der Waals surface area contributed by atoms with Crippen LogP contribution in [0.25, 0.3) is 0 Å². The third-order valence-corrected chi connectivity index (χ3v) is 4.56. The van der Waals surface area contributed by atoms with Gasteiger partial charge in [-0.1, -0.05) is 33.8 Å². The summed E-state index contributed by atoms with van der Waals surface area (Å²) < 4.78 is 0. The third kappa shape index (κ3) is 1.64. The number of benzene rings is 1. The largest absolute Gasteiger partial charge is 0.504 e. The molecular weight excluding hydrogens is 230 g/mol. The molecule has 18 heavy (non-hydrogen) atoms. The highest BCUT2D eigenvalue weighted by molar-refractivity contribution is 5.98. The van der Waals surface area contributed by atoms with Crippen LogP contribution in [0.15, 0.2) is 18.2 Å². The number of para-hydroxylation sites is 1. The van der Waals surface area contributed by atoms with E-state index in [2.05, 4.69) is 33.0 Å². The number of amides is 1. The molecule has 0 heterocycles. The maximum atomic E-state index is 12.1. The minimum absolute atomic E-state index is 0.0368. The van der Waals surface area contributed by atoms with Crippen LogP contribution in [0.1, 0.15) is 38.1 Å². The van der Waals surface area contributed by atoms with Gasteiger partial charge in [0.05, 0.1) is 5.56 Å². The molecule has 0 aliphatic heterocycles. The fraction of sp³-hybridized carbons (Fsp3) is 0.500. The van der Waals surface area contributed by atoms with Gasteiger partial charge in [-0.3, -0.25) is 4.79 Å². The van der Waals surface area contributed by atoms with Crippen LogP contribution in [-0.4, -0.2) is 22.2 Å². The van der Waals surface area contributed by atoms with Crippen molar-refractivity contribution < 1.29 is 15.0 Å². The summed E-state index contributed by atoms with van der Waals surface area (Å²) in [4.78, 5) is 12.1. The Labute approximate surface area is 107 Å². The summed E-state index contributed by atoms with van der Waals surface area (Å²) in [7, 11) is 0. The molecule has 1 aromatic rings. The average molecular weight is 249 g/mol. The highest BCUT2D eigenvalue weighted by atomic mass is 16.3. The van der Waals surface area contributed by atoms with E-state index in [1.165, 1.54) is 18.2 Å². The molecule has 98 valence electrons.